The molecule has 0 fully saturated rings. The van der Waals surface area contributed by atoms with Gasteiger partial charge in [-0.2, -0.15) is 0 Å². The highest BCUT2D eigenvalue weighted by atomic mass is 16.3. The minimum atomic E-state index is -0.899. The van der Waals surface area contributed by atoms with Crippen LogP contribution in [0.2, 0.25) is 0 Å². The molecule has 0 saturated carbocycles. The summed E-state index contributed by atoms with van der Waals surface area (Å²) in [5.41, 5.74) is 22.2. The first-order valence-corrected chi connectivity index (χ1v) is 31.5. The third-order valence-electron chi connectivity index (χ3n) is 19.6. The molecule has 12 aromatic carbocycles. The number of allylic oxidation sites excluding steroid dienone is 4. The van der Waals surface area contributed by atoms with Crippen molar-refractivity contribution >= 4 is 105 Å². The molecule has 4 heterocycles. The van der Waals surface area contributed by atoms with E-state index in [0.717, 1.165) is 174 Å². The maximum absolute atomic E-state index is 7.68. The van der Waals surface area contributed by atoms with Crippen LogP contribution in [0.4, 0.5) is 22.7 Å². The molecule has 0 spiro atoms. The molecular weight excluding hydrogens is 1110 g/mol. The van der Waals surface area contributed by atoms with Gasteiger partial charge in [-0.3, -0.25) is 0 Å². The monoisotopic (exact) mass is 1170 g/mol. The van der Waals surface area contributed by atoms with Crippen LogP contribution < -0.4 is 9.80 Å². The fourth-order valence-corrected chi connectivity index (χ4v) is 15.9. The van der Waals surface area contributed by atoms with Gasteiger partial charge >= 0.3 is 0 Å². The Hall–Kier alpha value is -11.6. The largest absolute Gasteiger partial charge is 0.458 e. The molecule has 6 nitrogen and oxygen atoms in total. The van der Waals surface area contributed by atoms with Crippen LogP contribution in [-0.4, -0.2) is 0 Å². The summed E-state index contributed by atoms with van der Waals surface area (Å²) in [5, 5.41) is 7.31. The molecule has 0 radical (unpaired) electrons. The summed E-state index contributed by atoms with van der Waals surface area (Å²) in [6, 6.07) is 100. The molecule has 1 unspecified atom stereocenters. The molecule has 91 heavy (non-hydrogen) atoms. The maximum atomic E-state index is 7.68. The lowest BCUT2D eigenvalue weighted by Gasteiger charge is -2.42. The highest BCUT2D eigenvalue weighted by Crippen LogP contribution is 2.66. The van der Waals surface area contributed by atoms with E-state index in [2.05, 4.69) is 307 Å². The highest BCUT2D eigenvalue weighted by molar-refractivity contribution is 6.22. The van der Waals surface area contributed by atoms with E-state index in [1.165, 1.54) is 11.3 Å². The molecule has 1 atom stereocenters. The predicted molar refractivity (Wildman–Crippen MR) is 372 cm³/mol. The van der Waals surface area contributed by atoms with Crippen molar-refractivity contribution < 1.29 is 17.7 Å². The van der Waals surface area contributed by atoms with Gasteiger partial charge in [0.05, 0.1) is 33.9 Å². The van der Waals surface area contributed by atoms with Crippen LogP contribution in [0.1, 0.15) is 58.9 Å². The first kappa shape index (κ1) is 51.4. The molecule has 0 amide bonds. The molecule has 3 aliphatic carbocycles. The van der Waals surface area contributed by atoms with Gasteiger partial charge in [-0.05, 0) is 107 Å². The summed E-state index contributed by atoms with van der Waals surface area (Å²) in [6.07, 6.45) is 9.11. The Kier molecular flexibility index (Phi) is 11.4. The number of nitrogens with zero attached hydrogens (tertiary/aromatic N) is 2. The van der Waals surface area contributed by atoms with Gasteiger partial charge in [0.15, 0.2) is 11.2 Å². The smallest absolute Gasteiger partial charge is 0.159 e. The third-order valence-corrected chi connectivity index (χ3v) is 19.6. The second-order valence-electron chi connectivity index (χ2n) is 24.3. The number of rotatable bonds is 10. The van der Waals surface area contributed by atoms with Crippen LogP contribution in [0, 0.1) is 0 Å². The summed E-state index contributed by atoms with van der Waals surface area (Å²) in [5.74, 6) is 0.905. The average Bonchev–Trinajstić information content (AvgIpc) is 1.51. The van der Waals surface area contributed by atoms with E-state index in [0.29, 0.717) is 6.42 Å². The van der Waals surface area contributed by atoms with Crippen LogP contribution >= 0.6 is 0 Å². The molecule has 4 aromatic heterocycles. The molecule has 0 bridgehead atoms. The molecule has 0 saturated heterocycles. The first-order chi connectivity index (χ1) is 45.2. The summed E-state index contributed by atoms with van der Waals surface area (Å²) in [4.78, 5) is 5.01. The minimum Gasteiger partial charge on any atom is -0.458 e. The van der Waals surface area contributed by atoms with Crippen LogP contribution in [0.25, 0.3) is 105 Å². The summed E-state index contributed by atoms with van der Waals surface area (Å²) in [6.45, 7) is 0. The van der Waals surface area contributed by atoms with Gasteiger partial charge in [0.2, 0.25) is 0 Å². The normalized spacial score (nSPS) is 15.1. The Morgan fingerprint density at radius 2 is 0.901 bits per heavy atom. The lowest BCUT2D eigenvalue weighted by Crippen LogP contribution is -2.36. The average molecular weight is 1170 g/mol. The van der Waals surface area contributed by atoms with Crippen molar-refractivity contribution in [3.63, 3.8) is 0 Å². The second kappa shape index (κ2) is 20.2. The van der Waals surface area contributed by atoms with Crippen molar-refractivity contribution in [2.45, 2.75) is 30.7 Å². The zero-order chi connectivity index (χ0) is 59.7. The SMILES string of the molecule is C1=CCCC(N(c2cccc3c2oc2c(-c4ccccc4)cccc23)C2CC3=C(c4c2oc2ccccc42)c2c(cc(N(c4ccccc4)c4cccc5c4oc4c(-c6ccccc6)cccc45)c4c2oc2ccccc24)C3(c2ccccc2)c2ccccc2)=C1. The number of fused-ring (bicyclic) bond motifs is 16. The molecule has 16 aromatic rings. The van der Waals surface area contributed by atoms with Gasteiger partial charge in [0.25, 0.3) is 0 Å². The summed E-state index contributed by atoms with van der Waals surface area (Å²) >= 11 is 0. The molecule has 3 aliphatic rings. The van der Waals surface area contributed by atoms with E-state index in [4.69, 9.17) is 17.7 Å². The van der Waals surface area contributed by atoms with E-state index in [1.54, 1.807) is 0 Å². The van der Waals surface area contributed by atoms with Crippen LogP contribution in [-0.2, 0) is 5.41 Å². The van der Waals surface area contributed by atoms with Gasteiger partial charge in [0, 0.05) is 66.0 Å². The number of furan rings is 4. The van der Waals surface area contributed by atoms with Gasteiger partial charge in [0.1, 0.15) is 33.7 Å². The van der Waals surface area contributed by atoms with Crippen molar-refractivity contribution in [3.05, 3.63) is 342 Å². The fraction of sp³-hybridized carbons (Fsp3) is 0.0588. The lowest BCUT2D eigenvalue weighted by molar-refractivity contribution is 0.463. The molecule has 430 valence electrons. The molecule has 19 rings (SSSR count). The molecule has 0 aliphatic heterocycles. The second-order valence-corrected chi connectivity index (χ2v) is 24.3. The van der Waals surface area contributed by atoms with Crippen molar-refractivity contribution in [3.8, 4) is 22.3 Å². The number of hydrogen-bond acceptors (Lipinski definition) is 6. The Labute approximate surface area is 524 Å². The predicted octanol–water partition coefficient (Wildman–Crippen LogP) is 23.3. The third kappa shape index (κ3) is 7.54. The number of benzene rings is 12. The Morgan fingerprint density at radius 1 is 0.396 bits per heavy atom. The highest BCUT2D eigenvalue weighted by Gasteiger charge is 2.55. The van der Waals surface area contributed by atoms with E-state index >= 15 is 0 Å². The van der Waals surface area contributed by atoms with Crippen molar-refractivity contribution in [2.24, 2.45) is 0 Å². The van der Waals surface area contributed by atoms with Gasteiger partial charge < -0.3 is 27.5 Å². The summed E-state index contributed by atoms with van der Waals surface area (Å²) in [7, 11) is 0. The fourth-order valence-electron chi connectivity index (χ4n) is 15.9. The van der Waals surface area contributed by atoms with Crippen molar-refractivity contribution in [1.29, 1.82) is 0 Å². The first-order valence-electron chi connectivity index (χ1n) is 31.5. The van der Waals surface area contributed by atoms with Crippen LogP contribution in [0.15, 0.2) is 326 Å². The topological polar surface area (TPSA) is 59.0 Å². The Bertz CT molecular complexity index is 5650. The zero-order valence-electron chi connectivity index (χ0n) is 49.5. The van der Waals surface area contributed by atoms with Crippen LogP contribution in [0.5, 0.6) is 0 Å². The van der Waals surface area contributed by atoms with Crippen LogP contribution in [0.3, 0.4) is 0 Å². The van der Waals surface area contributed by atoms with E-state index in [-0.39, 0.29) is 6.04 Å². The molecule has 6 heteroatoms. The van der Waals surface area contributed by atoms with E-state index < -0.39 is 5.41 Å². The number of anilines is 4. The Morgan fingerprint density at radius 3 is 1.51 bits per heavy atom. The van der Waals surface area contributed by atoms with Crippen molar-refractivity contribution in [2.75, 3.05) is 9.80 Å². The van der Waals surface area contributed by atoms with Gasteiger partial charge in [-0.25, -0.2) is 0 Å². The Balaban J connectivity index is 0.928. The van der Waals surface area contributed by atoms with Gasteiger partial charge in [-0.1, -0.05) is 249 Å². The standard InChI is InChI=1S/C85H56N2O4/c1-7-27-53(28-8-1)59-41-23-43-61-63-45-25-47-69(81(63)90-79(59)61)86(57-35-15-5-16-36-57)71-51-68-78(84-75(71)65-39-19-21-49-73(65)89-84)77-67(85(68,55-31-11-3-12-32-55)56-33-13-4-14-34-56)52-72(83-76(77)66-40-20-22-50-74(66)88-83)87(58-37-17-6-18-38-58)70-48-26-46-64-62-44-24-42-60(80(62)91-82(64)70)54-29-9-2-10-30-54/h1-17,19-37,39-51,72H,18,38,52H2. The maximum Gasteiger partial charge on any atom is 0.159 e. The quantitative estimate of drug-likeness (QED) is 0.136. The van der Waals surface area contributed by atoms with Gasteiger partial charge in [-0.15, -0.1) is 0 Å². The minimum absolute atomic E-state index is 0.356. The molecular formula is C85H56N2O4. The summed E-state index contributed by atoms with van der Waals surface area (Å²) < 4.78 is 30.1. The van der Waals surface area contributed by atoms with E-state index in [9.17, 15) is 0 Å². The number of para-hydroxylation sites is 7. The molecule has 0 N–H and O–H groups in total. The number of hydrogen-bond donors (Lipinski definition) is 0. The van der Waals surface area contributed by atoms with Crippen molar-refractivity contribution in [1.82, 2.24) is 0 Å². The van der Waals surface area contributed by atoms with E-state index in [1.807, 2.05) is 0 Å². The zero-order valence-corrected chi connectivity index (χ0v) is 49.5. The lowest BCUT2D eigenvalue weighted by atomic mass is 9.64.